The summed E-state index contributed by atoms with van der Waals surface area (Å²) in [5.41, 5.74) is 1.09. The molecule has 0 spiro atoms. The van der Waals surface area contributed by atoms with Gasteiger partial charge in [-0.2, -0.15) is 0 Å². The molecule has 0 aliphatic rings. The van der Waals surface area contributed by atoms with Crippen molar-refractivity contribution >= 4 is 21.6 Å². The highest BCUT2D eigenvalue weighted by molar-refractivity contribution is 7.18. The van der Waals surface area contributed by atoms with E-state index < -0.39 is 0 Å². The van der Waals surface area contributed by atoms with Crippen LogP contribution >= 0.6 is 11.3 Å². The average molecular weight is 204 g/mol. The van der Waals surface area contributed by atoms with Crippen molar-refractivity contribution < 1.29 is 0 Å². The van der Waals surface area contributed by atoms with E-state index in [2.05, 4.69) is 22.9 Å². The largest absolute Gasteiger partial charge is 0.307 e. The predicted octanol–water partition coefficient (Wildman–Crippen LogP) is 2.57. The van der Waals surface area contributed by atoms with Crippen LogP contribution in [0.25, 0.3) is 10.2 Å². The first-order chi connectivity index (χ1) is 6.90. The van der Waals surface area contributed by atoms with Gasteiger partial charge in [-0.1, -0.05) is 18.2 Å². The second-order valence-electron chi connectivity index (χ2n) is 2.99. The standard InChI is InChI=1S/C11H12N2S/c1-2-7-12-8-11-13-9-5-3-4-6-10(9)14-11/h2-6,12H,1,7-8H2. The summed E-state index contributed by atoms with van der Waals surface area (Å²) in [5.74, 6) is 0. The topological polar surface area (TPSA) is 24.9 Å². The Morgan fingerprint density at radius 2 is 2.29 bits per heavy atom. The van der Waals surface area contributed by atoms with Gasteiger partial charge in [-0.15, -0.1) is 17.9 Å². The first-order valence-electron chi connectivity index (χ1n) is 4.56. The van der Waals surface area contributed by atoms with Gasteiger partial charge >= 0.3 is 0 Å². The Kier molecular flexibility index (Phi) is 2.91. The molecule has 0 unspecified atom stereocenters. The molecule has 2 rings (SSSR count). The van der Waals surface area contributed by atoms with Crippen molar-refractivity contribution in [3.63, 3.8) is 0 Å². The van der Waals surface area contributed by atoms with Crippen molar-refractivity contribution in [2.75, 3.05) is 6.54 Å². The minimum atomic E-state index is 0.825. The van der Waals surface area contributed by atoms with Crippen LogP contribution in [0.5, 0.6) is 0 Å². The van der Waals surface area contributed by atoms with Gasteiger partial charge in [0.15, 0.2) is 0 Å². The fraction of sp³-hybridized carbons (Fsp3) is 0.182. The highest BCUT2D eigenvalue weighted by Crippen LogP contribution is 2.20. The van der Waals surface area contributed by atoms with Crippen molar-refractivity contribution in [2.24, 2.45) is 0 Å². The molecule has 2 nitrogen and oxygen atoms in total. The fourth-order valence-electron chi connectivity index (χ4n) is 1.28. The maximum absolute atomic E-state index is 4.51. The lowest BCUT2D eigenvalue weighted by atomic mass is 10.3. The van der Waals surface area contributed by atoms with E-state index in [-0.39, 0.29) is 0 Å². The smallest absolute Gasteiger partial charge is 0.108 e. The zero-order chi connectivity index (χ0) is 9.80. The lowest BCUT2D eigenvalue weighted by Crippen LogP contribution is -2.11. The molecule has 3 heteroatoms. The SMILES string of the molecule is C=CCNCc1nc2ccccc2s1. The van der Waals surface area contributed by atoms with E-state index in [0.717, 1.165) is 23.6 Å². The molecule has 1 aromatic carbocycles. The Labute approximate surface area is 87.3 Å². The Balaban J connectivity index is 2.14. The van der Waals surface area contributed by atoms with E-state index in [0.29, 0.717) is 0 Å². The summed E-state index contributed by atoms with van der Waals surface area (Å²) in [4.78, 5) is 4.51. The lowest BCUT2D eigenvalue weighted by molar-refractivity contribution is 0.757. The van der Waals surface area contributed by atoms with E-state index in [1.165, 1.54) is 4.70 Å². The average Bonchev–Trinajstić information content (AvgIpc) is 2.60. The molecule has 1 aromatic heterocycles. The number of hydrogen-bond acceptors (Lipinski definition) is 3. The number of aromatic nitrogens is 1. The van der Waals surface area contributed by atoms with Crippen molar-refractivity contribution in [1.82, 2.24) is 10.3 Å². The number of nitrogens with one attached hydrogen (secondary N) is 1. The van der Waals surface area contributed by atoms with Gasteiger partial charge in [0.25, 0.3) is 0 Å². The first-order valence-corrected chi connectivity index (χ1v) is 5.38. The molecule has 14 heavy (non-hydrogen) atoms. The molecule has 2 aromatic rings. The van der Waals surface area contributed by atoms with E-state index in [4.69, 9.17) is 0 Å². The van der Waals surface area contributed by atoms with Crippen molar-refractivity contribution in [3.8, 4) is 0 Å². The van der Waals surface area contributed by atoms with Crippen LogP contribution in [0, 0.1) is 0 Å². The number of rotatable bonds is 4. The Morgan fingerprint density at radius 1 is 1.43 bits per heavy atom. The van der Waals surface area contributed by atoms with E-state index in [1.807, 2.05) is 24.3 Å². The maximum Gasteiger partial charge on any atom is 0.108 e. The van der Waals surface area contributed by atoms with E-state index in [1.54, 1.807) is 11.3 Å². The predicted molar refractivity (Wildman–Crippen MR) is 61.5 cm³/mol. The normalized spacial score (nSPS) is 10.6. The number of thiazole rings is 1. The highest BCUT2D eigenvalue weighted by atomic mass is 32.1. The molecule has 0 atom stereocenters. The quantitative estimate of drug-likeness (QED) is 0.611. The summed E-state index contributed by atoms with van der Waals surface area (Å²) < 4.78 is 1.25. The maximum atomic E-state index is 4.51. The molecule has 0 amide bonds. The van der Waals surface area contributed by atoms with Crippen LogP contribution < -0.4 is 5.32 Å². The van der Waals surface area contributed by atoms with Crippen LogP contribution in [0.2, 0.25) is 0 Å². The second kappa shape index (κ2) is 4.35. The van der Waals surface area contributed by atoms with Gasteiger partial charge in [0, 0.05) is 13.1 Å². The third-order valence-electron chi connectivity index (χ3n) is 1.90. The lowest BCUT2D eigenvalue weighted by Gasteiger charge is -1.94. The number of fused-ring (bicyclic) bond motifs is 1. The molecule has 0 saturated heterocycles. The fourth-order valence-corrected chi connectivity index (χ4v) is 2.21. The van der Waals surface area contributed by atoms with Gasteiger partial charge < -0.3 is 5.32 Å². The molecule has 0 aliphatic heterocycles. The summed E-state index contributed by atoms with van der Waals surface area (Å²) in [6.07, 6.45) is 1.85. The summed E-state index contributed by atoms with van der Waals surface area (Å²) >= 11 is 1.74. The van der Waals surface area contributed by atoms with Crippen LogP contribution in [-0.4, -0.2) is 11.5 Å². The van der Waals surface area contributed by atoms with Crippen LogP contribution in [0.15, 0.2) is 36.9 Å². The summed E-state index contributed by atoms with van der Waals surface area (Å²) in [7, 11) is 0. The van der Waals surface area contributed by atoms with E-state index >= 15 is 0 Å². The Bertz CT molecular complexity index is 401. The van der Waals surface area contributed by atoms with Crippen LogP contribution in [-0.2, 0) is 6.54 Å². The van der Waals surface area contributed by atoms with Gasteiger partial charge in [0.2, 0.25) is 0 Å². The van der Waals surface area contributed by atoms with Crippen molar-refractivity contribution in [1.29, 1.82) is 0 Å². The summed E-state index contributed by atoms with van der Waals surface area (Å²) in [6.45, 7) is 5.31. The van der Waals surface area contributed by atoms with Crippen LogP contribution in [0.3, 0.4) is 0 Å². The summed E-state index contributed by atoms with van der Waals surface area (Å²) in [6, 6.07) is 8.21. The van der Waals surface area contributed by atoms with Crippen LogP contribution in [0.1, 0.15) is 5.01 Å². The minimum absolute atomic E-state index is 0.825. The van der Waals surface area contributed by atoms with Gasteiger partial charge in [-0.3, -0.25) is 0 Å². The number of para-hydroxylation sites is 1. The molecule has 0 fully saturated rings. The summed E-state index contributed by atoms with van der Waals surface area (Å²) in [5, 5.41) is 4.37. The monoisotopic (exact) mass is 204 g/mol. The van der Waals surface area contributed by atoms with Gasteiger partial charge in [-0.05, 0) is 12.1 Å². The molecule has 1 N–H and O–H groups in total. The zero-order valence-electron chi connectivity index (χ0n) is 7.86. The van der Waals surface area contributed by atoms with Crippen molar-refractivity contribution in [3.05, 3.63) is 41.9 Å². The second-order valence-corrected chi connectivity index (χ2v) is 4.11. The first kappa shape index (κ1) is 9.37. The van der Waals surface area contributed by atoms with Gasteiger partial charge in [0.05, 0.1) is 10.2 Å². The molecule has 72 valence electrons. The van der Waals surface area contributed by atoms with Gasteiger partial charge in [0.1, 0.15) is 5.01 Å². The Morgan fingerprint density at radius 3 is 3.07 bits per heavy atom. The third kappa shape index (κ3) is 2.00. The zero-order valence-corrected chi connectivity index (χ0v) is 8.68. The highest BCUT2D eigenvalue weighted by Gasteiger charge is 2.00. The molecule has 0 bridgehead atoms. The van der Waals surface area contributed by atoms with Gasteiger partial charge in [-0.25, -0.2) is 4.98 Å². The van der Waals surface area contributed by atoms with E-state index in [9.17, 15) is 0 Å². The van der Waals surface area contributed by atoms with Crippen molar-refractivity contribution in [2.45, 2.75) is 6.54 Å². The molecule has 0 saturated carbocycles. The molecule has 0 radical (unpaired) electrons. The number of benzene rings is 1. The molecular weight excluding hydrogens is 192 g/mol. The number of hydrogen-bond donors (Lipinski definition) is 1. The van der Waals surface area contributed by atoms with Crippen LogP contribution in [0.4, 0.5) is 0 Å². The number of nitrogens with zero attached hydrogens (tertiary/aromatic N) is 1. The third-order valence-corrected chi connectivity index (χ3v) is 2.94. The molecule has 0 aliphatic carbocycles. The minimum Gasteiger partial charge on any atom is -0.307 e. The molecule has 1 heterocycles. The molecular formula is C11H12N2S. The Hall–Kier alpha value is -1.19.